The van der Waals surface area contributed by atoms with Crippen LogP contribution < -0.4 is 11.1 Å². The fourth-order valence-corrected chi connectivity index (χ4v) is 2.12. The van der Waals surface area contributed by atoms with Gasteiger partial charge in [0.15, 0.2) is 5.82 Å². The van der Waals surface area contributed by atoms with Crippen LogP contribution in [0.2, 0.25) is 0 Å². The van der Waals surface area contributed by atoms with Gasteiger partial charge in [0.05, 0.1) is 11.3 Å². The molecule has 0 aromatic heterocycles. The van der Waals surface area contributed by atoms with Crippen LogP contribution in [-0.4, -0.2) is 12.5 Å². The third-order valence-corrected chi connectivity index (χ3v) is 3.55. The van der Waals surface area contributed by atoms with Gasteiger partial charge >= 0.3 is 0 Å². The van der Waals surface area contributed by atoms with Crippen LogP contribution in [-0.2, 0) is 0 Å². The molecule has 1 aliphatic rings. The highest BCUT2D eigenvalue weighted by Gasteiger charge is 2.32. The van der Waals surface area contributed by atoms with Gasteiger partial charge in [-0.1, -0.05) is 13.3 Å². The van der Waals surface area contributed by atoms with Crippen LogP contribution in [0.25, 0.3) is 0 Å². The Morgan fingerprint density at radius 1 is 1.44 bits per heavy atom. The number of benzene rings is 1. The summed E-state index contributed by atoms with van der Waals surface area (Å²) in [6, 6.07) is 1.73. The lowest BCUT2D eigenvalue weighted by Crippen LogP contribution is -2.40. The highest BCUT2D eigenvalue weighted by atomic mass is 19.1. The Balaban J connectivity index is 2.09. The predicted octanol–water partition coefficient (Wildman–Crippen LogP) is 2.47. The van der Waals surface area contributed by atoms with Gasteiger partial charge in [-0.2, -0.15) is 0 Å². The van der Waals surface area contributed by atoms with Crippen LogP contribution in [0.15, 0.2) is 12.1 Å². The molecule has 3 N–H and O–H groups in total. The topological polar surface area (TPSA) is 55.1 Å². The number of rotatable bonds is 3. The standard InChI is InChI=1S/C13H16F2N2O/c1-13(3-2-4-13)7-17-12(18)9-5-8(14)6-10(16)11(9)15/h5-6H,2-4,7,16H2,1H3,(H,17,18). The summed E-state index contributed by atoms with van der Waals surface area (Å²) in [5.74, 6) is -2.20. The number of halogens is 2. The SMILES string of the molecule is CC1(CNC(=O)c2cc(F)cc(N)c2F)CCC1. The lowest BCUT2D eigenvalue weighted by Gasteiger charge is -2.38. The molecule has 1 saturated carbocycles. The van der Waals surface area contributed by atoms with Crippen molar-refractivity contribution in [1.29, 1.82) is 0 Å². The van der Waals surface area contributed by atoms with Crippen LogP contribution in [0, 0.1) is 17.0 Å². The van der Waals surface area contributed by atoms with Crippen molar-refractivity contribution in [3.8, 4) is 0 Å². The van der Waals surface area contributed by atoms with E-state index in [2.05, 4.69) is 12.2 Å². The summed E-state index contributed by atoms with van der Waals surface area (Å²) < 4.78 is 26.7. The monoisotopic (exact) mass is 254 g/mol. The van der Waals surface area contributed by atoms with Crippen molar-refractivity contribution in [2.45, 2.75) is 26.2 Å². The Kier molecular flexibility index (Phi) is 3.24. The molecule has 0 spiro atoms. The van der Waals surface area contributed by atoms with Gasteiger partial charge in [-0.05, 0) is 30.4 Å². The van der Waals surface area contributed by atoms with E-state index < -0.39 is 17.5 Å². The van der Waals surface area contributed by atoms with Crippen LogP contribution in [0.3, 0.4) is 0 Å². The number of hydrogen-bond acceptors (Lipinski definition) is 2. The molecule has 3 nitrogen and oxygen atoms in total. The molecule has 0 saturated heterocycles. The molecular weight excluding hydrogens is 238 g/mol. The van der Waals surface area contributed by atoms with Crippen molar-refractivity contribution in [2.24, 2.45) is 5.41 Å². The third-order valence-electron chi connectivity index (χ3n) is 3.55. The molecule has 0 bridgehead atoms. The summed E-state index contributed by atoms with van der Waals surface area (Å²) in [7, 11) is 0. The maximum atomic E-state index is 13.6. The number of hydrogen-bond donors (Lipinski definition) is 2. The van der Waals surface area contributed by atoms with E-state index in [1.54, 1.807) is 0 Å². The van der Waals surface area contributed by atoms with E-state index in [0.717, 1.165) is 31.4 Å². The molecule has 18 heavy (non-hydrogen) atoms. The van der Waals surface area contributed by atoms with E-state index in [1.165, 1.54) is 0 Å². The van der Waals surface area contributed by atoms with Gasteiger partial charge in [0, 0.05) is 6.54 Å². The van der Waals surface area contributed by atoms with Crippen molar-refractivity contribution in [3.05, 3.63) is 29.3 Å². The number of nitrogens with one attached hydrogen (secondary N) is 1. The van der Waals surface area contributed by atoms with E-state index in [9.17, 15) is 13.6 Å². The Labute approximate surface area is 104 Å². The van der Waals surface area contributed by atoms with Crippen molar-refractivity contribution in [3.63, 3.8) is 0 Å². The first-order valence-electron chi connectivity index (χ1n) is 5.94. The molecular formula is C13H16F2N2O. The Hall–Kier alpha value is -1.65. The molecule has 1 fully saturated rings. The molecule has 0 heterocycles. The minimum absolute atomic E-state index is 0.0883. The number of nitrogen functional groups attached to an aromatic ring is 1. The number of nitrogens with two attached hydrogens (primary N) is 1. The zero-order chi connectivity index (χ0) is 13.3. The highest BCUT2D eigenvalue weighted by molar-refractivity contribution is 5.95. The van der Waals surface area contributed by atoms with E-state index in [1.807, 2.05) is 0 Å². The number of carbonyl (C=O) groups excluding carboxylic acids is 1. The van der Waals surface area contributed by atoms with Gasteiger partial charge in [-0.3, -0.25) is 4.79 Å². The third kappa shape index (κ3) is 2.44. The molecule has 1 aromatic rings. The summed E-state index contributed by atoms with van der Waals surface area (Å²) in [5, 5.41) is 2.64. The zero-order valence-electron chi connectivity index (χ0n) is 10.2. The fraction of sp³-hybridized carbons (Fsp3) is 0.462. The first-order chi connectivity index (χ1) is 8.41. The highest BCUT2D eigenvalue weighted by Crippen LogP contribution is 2.39. The van der Waals surface area contributed by atoms with Gasteiger partial charge in [0.2, 0.25) is 0 Å². The smallest absolute Gasteiger partial charge is 0.254 e. The van der Waals surface area contributed by atoms with Crippen LogP contribution >= 0.6 is 0 Å². The summed E-state index contributed by atoms with van der Waals surface area (Å²) in [6.07, 6.45) is 3.23. The van der Waals surface area contributed by atoms with Gasteiger partial charge < -0.3 is 11.1 Å². The summed E-state index contributed by atoms with van der Waals surface area (Å²) in [5.41, 5.74) is 4.68. The quantitative estimate of drug-likeness (QED) is 0.814. The molecule has 98 valence electrons. The minimum Gasteiger partial charge on any atom is -0.396 e. The zero-order valence-corrected chi connectivity index (χ0v) is 10.2. The van der Waals surface area contributed by atoms with Crippen molar-refractivity contribution in [1.82, 2.24) is 5.32 Å². The molecule has 1 amide bonds. The number of amides is 1. The van der Waals surface area contributed by atoms with E-state index in [0.29, 0.717) is 6.54 Å². The Morgan fingerprint density at radius 3 is 2.67 bits per heavy atom. The first kappa shape index (κ1) is 12.8. The second-order valence-corrected chi connectivity index (χ2v) is 5.20. The average molecular weight is 254 g/mol. The van der Waals surface area contributed by atoms with Crippen molar-refractivity contribution < 1.29 is 13.6 Å². The van der Waals surface area contributed by atoms with E-state index in [-0.39, 0.29) is 16.7 Å². The van der Waals surface area contributed by atoms with Gasteiger partial charge in [-0.15, -0.1) is 0 Å². The summed E-state index contributed by atoms with van der Waals surface area (Å²) >= 11 is 0. The van der Waals surface area contributed by atoms with E-state index >= 15 is 0 Å². The number of anilines is 1. The van der Waals surface area contributed by atoms with Crippen LogP contribution in [0.1, 0.15) is 36.5 Å². The second-order valence-electron chi connectivity index (χ2n) is 5.20. The Morgan fingerprint density at radius 2 is 2.11 bits per heavy atom. The molecule has 0 unspecified atom stereocenters. The Bertz CT molecular complexity index is 484. The van der Waals surface area contributed by atoms with Gasteiger partial charge in [0.1, 0.15) is 5.82 Å². The molecule has 0 atom stereocenters. The van der Waals surface area contributed by atoms with Crippen LogP contribution in [0.4, 0.5) is 14.5 Å². The molecule has 0 radical (unpaired) electrons. The van der Waals surface area contributed by atoms with Gasteiger partial charge in [0.25, 0.3) is 5.91 Å². The fourth-order valence-electron chi connectivity index (χ4n) is 2.12. The lowest BCUT2D eigenvalue weighted by atomic mass is 9.70. The van der Waals surface area contributed by atoms with E-state index in [4.69, 9.17) is 5.73 Å². The van der Waals surface area contributed by atoms with Crippen LogP contribution in [0.5, 0.6) is 0 Å². The van der Waals surface area contributed by atoms with Crippen molar-refractivity contribution >= 4 is 11.6 Å². The molecule has 5 heteroatoms. The minimum atomic E-state index is -0.868. The predicted molar refractivity (Wildman–Crippen MR) is 65.1 cm³/mol. The second kappa shape index (κ2) is 4.55. The molecule has 2 rings (SSSR count). The normalized spacial score (nSPS) is 17.1. The summed E-state index contributed by atoms with van der Waals surface area (Å²) in [6.45, 7) is 2.54. The summed E-state index contributed by atoms with van der Waals surface area (Å²) in [4.78, 5) is 11.8. The average Bonchev–Trinajstić information content (AvgIpc) is 2.28. The molecule has 0 aliphatic heterocycles. The van der Waals surface area contributed by atoms with Gasteiger partial charge in [-0.25, -0.2) is 8.78 Å². The first-order valence-corrected chi connectivity index (χ1v) is 5.94. The molecule has 1 aromatic carbocycles. The number of carbonyl (C=O) groups is 1. The van der Waals surface area contributed by atoms with Crippen molar-refractivity contribution in [2.75, 3.05) is 12.3 Å². The maximum Gasteiger partial charge on any atom is 0.254 e. The largest absolute Gasteiger partial charge is 0.396 e. The maximum absolute atomic E-state index is 13.6. The lowest BCUT2D eigenvalue weighted by molar-refractivity contribution is 0.0886. The molecule has 1 aliphatic carbocycles.